The summed E-state index contributed by atoms with van der Waals surface area (Å²) in [6.07, 6.45) is 1.63. The first kappa shape index (κ1) is 10.4. The Morgan fingerprint density at radius 2 is 1.88 bits per heavy atom. The SMILES string of the molecule is COc1ccccc1OCc1cccnn1. The molecule has 2 aromatic rings. The number of ether oxygens (including phenoxy) is 2. The van der Waals surface area contributed by atoms with E-state index >= 15 is 0 Å². The maximum absolute atomic E-state index is 5.59. The second kappa shape index (κ2) is 5.11. The third-order valence-corrected chi connectivity index (χ3v) is 2.07. The number of benzene rings is 1. The van der Waals surface area contributed by atoms with Gasteiger partial charge in [-0.3, -0.25) is 0 Å². The summed E-state index contributed by atoms with van der Waals surface area (Å²) < 4.78 is 10.8. The highest BCUT2D eigenvalue weighted by atomic mass is 16.5. The van der Waals surface area contributed by atoms with Gasteiger partial charge in [0.15, 0.2) is 11.5 Å². The molecule has 0 aliphatic heterocycles. The van der Waals surface area contributed by atoms with Crippen LogP contribution < -0.4 is 9.47 Å². The van der Waals surface area contributed by atoms with Gasteiger partial charge < -0.3 is 9.47 Å². The number of nitrogens with zero attached hydrogens (tertiary/aromatic N) is 2. The second-order valence-corrected chi connectivity index (χ2v) is 3.15. The Labute approximate surface area is 93.9 Å². The number of para-hydroxylation sites is 2. The molecule has 0 radical (unpaired) electrons. The first-order valence-electron chi connectivity index (χ1n) is 4.92. The van der Waals surface area contributed by atoms with Crippen LogP contribution in [0.3, 0.4) is 0 Å². The van der Waals surface area contributed by atoms with Gasteiger partial charge in [0.25, 0.3) is 0 Å². The number of rotatable bonds is 4. The molecule has 0 fully saturated rings. The van der Waals surface area contributed by atoms with Crippen LogP contribution in [0.25, 0.3) is 0 Å². The standard InChI is InChI=1S/C12H12N2O2/c1-15-11-6-2-3-7-12(11)16-9-10-5-4-8-13-14-10/h2-8H,9H2,1H3. The Morgan fingerprint density at radius 3 is 2.56 bits per heavy atom. The summed E-state index contributed by atoms with van der Waals surface area (Å²) in [4.78, 5) is 0. The summed E-state index contributed by atoms with van der Waals surface area (Å²) in [5.41, 5.74) is 0.786. The van der Waals surface area contributed by atoms with Crippen molar-refractivity contribution in [1.82, 2.24) is 10.2 Å². The summed E-state index contributed by atoms with van der Waals surface area (Å²) in [5, 5.41) is 7.71. The van der Waals surface area contributed by atoms with Gasteiger partial charge in [-0.1, -0.05) is 12.1 Å². The lowest BCUT2D eigenvalue weighted by atomic mass is 10.3. The van der Waals surface area contributed by atoms with Crippen molar-refractivity contribution in [1.29, 1.82) is 0 Å². The number of hydrogen-bond acceptors (Lipinski definition) is 4. The molecule has 1 aromatic carbocycles. The van der Waals surface area contributed by atoms with E-state index in [0.717, 1.165) is 5.69 Å². The largest absolute Gasteiger partial charge is 0.493 e. The van der Waals surface area contributed by atoms with Crippen LogP contribution in [0.4, 0.5) is 0 Å². The van der Waals surface area contributed by atoms with Crippen molar-refractivity contribution in [3.05, 3.63) is 48.3 Å². The van der Waals surface area contributed by atoms with Crippen LogP contribution in [0.2, 0.25) is 0 Å². The number of hydrogen-bond donors (Lipinski definition) is 0. The maximum Gasteiger partial charge on any atom is 0.161 e. The van der Waals surface area contributed by atoms with Gasteiger partial charge in [0.05, 0.1) is 7.11 Å². The normalized spacial score (nSPS) is 9.81. The molecule has 1 heterocycles. The lowest BCUT2D eigenvalue weighted by Crippen LogP contribution is -2.00. The van der Waals surface area contributed by atoms with Gasteiger partial charge in [-0.2, -0.15) is 10.2 Å². The Hall–Kier alpha value is -2.10. The van der Waals surface area contributed by atoms with Gasteiger partial charge in [-0.25, -0.2) is 0 Å². The van der Waals surface area contributed by atoms with Crippen molar-refractivity contribution in [3.63, 3.8) is 0 Å². The van der Waals surface area contributed by atoms with Crippen LogP contribution in [0.5, 0.6) is 11.5 Å². The molecule has 4 heteroatoms. The molecule has 0 bridgehead atoms. The van der Waals surface area contributed by atoms with Crippen LogP contribution in [0.1, 0.15) is 5.69 Å². The number of methoxy groups -OCH3 is 1. The Kier molecular flexibility index (Phi) is 3.33. The highest BCUT2D eigenvalue weighted by Crippen LogP contribution is 2.26. The Balaban J connectivity index is 2.05. The minimum absolute atomic E-state index is 0.383. The van der Waals surface area contributed by atoms with E-state index in [1.807, 2.05) is 36.4 Å². The summed E-state index contributed by atoms with van der Waals surface area (Å²) >= 11 is 0. The fourth-order valence-electron chi connectivity index (χ4n) is 1.30. The van der Waals surface area contributed by atoms with Gasteiger partial charge >= 0.3 is 0 Å². The van der Waals surface area contributed by atoms with Crippen molar-refractivity contribution >= 4 is 0 Å². The molecule has 0 aliphatic carbocycles. The van der Waals surface area contributed by atoms with Crippen LogP contribution in [-0.2, 0) is 6.61 Å². The van der Waals surface area contributed by atoms with Crippen molar-refractivity contribution in [2.75, 3.05) is 7.11 Å². The van der Waals surface area contributed by atoms with Gasteiger partial charge in [-0.05, 0) is 24.3 Å². The molecule has 4 nitrogen and oxygen atoms in total. The van der Waals surface area contributed by atoms with Gasteiger partial charge in [0, 0.05) is 6.20 Å². The van der Waals surface area contributed by atoms with Gasteiger partial charge in [-0.15, -0.1) is 0 Å². The van der Waals surface area contributed by atoms with Crippen molar-refractivity contribution in [3.8, 4) is 11.5 Å². The quantitative estimate of drug-likeness (QED) is 0.784. The molecule has 0 unspecified atom stereocenters. The second-order valence-electron chi connectivity index (χ2n) is 3.15. The average Bonchev–Trinajstić information content (AvgIpc) is 2.38. The van der Waals surface area contributed by atoms with E-state index in [-0.39, 0.29) is 0 Å². The maximum atomic E-state index is 5.59. The van der Waals surface area contributed by atoms with E-state index in [1.54, 1.807) is 13.3 Å². The molecular formula is C12H12N2O2. The van der Waals surface area contributed by atoms with E-state index in [4.69, 9.17) is 9.47 Å². The zero-order valence-corrected chi connectivity index (χ0v) is 8.96. The highest BCUT2D eigenvalue weighted by molar-refractivity contribution is 5.39. The molecule has 82 valence electrons. The molecule has 0 spiro atoms. The monoisotopic (exact) mass is 216 g/mol. The fourth-order valence-corrected chi connectivity index (χ4v) is 1.30. The topological polar surface area (TPSA) is 44.2 Å². The number of aromatic nitrogens is 2. The van der Waals surface area contributed by atoms with Gasteiger partial charge in [0.2, 0.25) is 0 Å². The first-order valence-corrected chi connectivity index (χ1v) is 4.92. The Morgan fingerprint density at radius 1 is 1.06 bits per heavy atom. The molecular weight excluding hydrogens is 204 g/mol. The molecule has 2 rings (SSSR count). The lowest BCUT2D eigenvalue weighted by Gasteiger charge is -2.09. The summed E-state index contributed by atoms with van der Waals surface area (Å²) in [7, 11) is 1.62. The minimum Gasteiger partial charge on any atom is -0.493 e. The smallest absolute Gasteiger partial charge is 0.161 e. The van der Waals surface area contributed by atoms with Crippen LogP contribution >= 0.6 is 0 Å². The summed E-state index contributed by atoms with van der Waals surface area (Å²) in [6, 6.07) is 11.2. The fraction of sp³-hybridized carbons (Fsp3) is 0.167. The third-order valence-electron chi connectivity index (χ3n) is 2.07. The zero-order valence-electron chi connectivity index (χ0n) is 8.96. The highest BCUT2D eigenvalue weighted by Gasteiger charge is 2.02. The van der Waals surface area contributed by atoms with E-state index in [0.29, 0.717) is 18.1 Å². The third kappa shape index (κ3) is 2.48. The van der Waals surface area contributed by atoms with Crippen molar-refractivity contribution < 1.29 is 9.47 Å². The summed E-state index contributed by atoms with van der Waals surface area (Å²) in [5.74, 6) is 1.42. The molecule has 16 heavy (non-hydrogen) atoms. The lowest BCUT2D eigenvalue weighted by molar-refractivity contribution is 0.279. The van der Waals surface area contributed by atoms with Crippen molar-refractivity contribution in [2.45, 2.75) is 6.61 Å². The predicted molar refractivity (Wildman–Crippen MR) is 59.4 cm³/mol. The van der Waals surface area contributed by atoms with E-state index in [1.165, 1.54) is 0 Å². The van der Waals surface area contributed by atoms with Gasteiger partial charge in [0.1, 0.15) is 12.3 Å². The van der Waals surface area contributed by atoms with E-state index in [2.05, 4.69) is 10.2 Å². The molecule has 0 saturated heterocycles. The molecule has 1 aromatic heterocycles. The predicted octanol–water partition coefficient (Wildman–Crippen LogP) is 2.06. The summed E-state index contributed by atoms with van der Waals surface area (Å²) in [6.45, 7) is 0.383. The van der Waals surface area contributed by atoms with Crippen LogP contribution in [-0.4, -0.2) is 17.3 Å². The van der Waals surface area contributed by atoms with Crippen molar-refractivity contribution in [2.24, 2.45) is 0 Å². The molecule has 0 aliphatic rings. The zero-order chi connectivity index (χ0) is 11.2. The van der Waals surface area contributed by atoms with E-state index in [9.17, 15) is 0 Å². The molecule has 0 atom stereocenters. The molecule has 0 saturated carbocycles. The average molecular weight is 216 g/mol. The molecule has 0 amide bonds. The first-order chi connectivity index (χ1) is 7.90. The van der Waals surface area contributed by atoms with Crippen LogP contribution in [0.15, 0.2) is 42.6 Å². The van der Waals surface area contributed by atoms with Crippen LogP contribution in [0, 0.1) is 0 Å². The minimum atomic E-state index is 0.383. The Bertz CT molecular complexity index is 446. The molecule has 0 N–H and O–H groups in total. The van der Waals surface area contributed by atoms with E-state index < -0.39 is 0 Å².